The summed E-state index contributed by atoms with van der Waals surface area (Å²) in [5, 5.41) is 8.35. The van der Waals surface area contributed by atoms with Gasteiger partial charge in [-0.2, -0.15) is 10.2 Å². The summed E-state index contributed by atoms with van der Waals surface area (Å²) in [7, 11) is -4.45. The van der Waals surface area contributed by atoms with Gasteiger partial charge >= 0.3 is 0 Å². The lowest BCUT2D eigenvalue weighted by atomic mass is 10.1. The van der Waals surface area contributed by atoms with Crippen LogP contribution in [-0.4, -0.2) is 26.1 Å². The summed E-state index contributed by atoms with van der Waals surface area (Å²) in [6.07, 6.45) is 9.99. The van der Waals surface area contributed by atoms with Crippen LogP contribution in [0.5, 0.6) is 0 Å². The van der Waals surface area contributed by atoms with Crippen molar-refractivity contribution in [3.05, 3.63) is 48.5 Å². The fraction of sp³-hybridized carbons (Fsp3) is 0.500. The third kappa shape index (κ3) is 9.19. The minimum atomic E-state index is -4.45. The molecule has 0 aromatic heterocycles. The highest BCUT2D eigenvalue weighted by Gasteiger charge is 2.07. The van der Waals surface area contributed by atoms with E-state index in [1.165, 1.54) is 81.3 Å². The van der Waals surface area contributed by atoms with E-state index in [1.54, 1.807) is 0 Å². The lowest BCUT2D eigenvalue weighted by Gasteiger charge is -2.25. The molecule has 0 heterocycles. The fourth-order valence-corrected chi connectivity index (χ4v) is 3.82. The number of hydrogen-bond acceptors (Lipinski definition) is 6. The summed E-state index contributed by atoms with van der Waals surface area (Å²) in [6.45, 7) is 6.61. The van der Waals surface area contributed by atoms with Crippen molar-refractivity contribution < 1.29 is 13.0 Å². The Kier molecular flexibility index (Phi) is 10.7. The predicted molar refractivity (Wildman–Crippen MR) is 126 cm³/mol. The Morgan fingerprint density at radius 3 is 1.58 bits per heavy atom. The van der Waals surface area contributed by atoms with Crippen LogP contribution in [0, 0.1) is 0 Å². The highest BCUT2D eigenvalue weighted by atomic mass is 32.2. The third-order valence-electron chi connectivity index (χ3n) is 5.18. The van der Waals surface area contributed by atoms with Gasteiger partial charge in [0.2, 0.25) is 0 Å². The number of unbranched alkanes of at least 4 members (excludes halogenated alkanes) is 6. The first-order valence-corrected chi connectivity index (χ1v) is 12.7. The average Bonchev–Trinajstić information content (AvgIpc) is 2.77. The first kappa shape index (κ1) is 25.0. The smallest absolute Gasteiger partial charge is 0.124 e. The zero-order valence-corrected chi connectivity index (χ0v) is 19.5. The van der Waals surface area contributed by atoms with Gasteiger partial charge in [0.25, 0.3) is 0 Å². The van der Waals surface area contributed by atoms with Crippen LogP contribution < -0.4 is 4.90 Å². The van der Waals surface area contributed by atoms with Gasteiger partial charge < -0.3 is 9.45 Å². The summed E-state index contributed by atoms with van der Waals surface area (Å²) in [5.41, 5.74) is 2.42. The Hall–Kier alpha value is -2.25. The molecule has 0 fully saturated rings. The SMILES string of the molecule is CCCCCCN(CCCCCC)c1ccc(N=Nc2ccc(S(=O)(=O)[O-])cc2)cc1. The molecule has 2 aromatic carbocycles. The molecule has 31 heavy (non-hydrogen) atoms. The number of hydrogen-bond donors (Lipinski definition) is 0. The van der Waals surface area contributed by atoms with E-state index in [-0.39, 0.29) is 4.90 Å². The molecular weight excluding hydrogens is 410 g/mol. The minimum absolute atomic E-state index is 0.270. The van der Waals surface area contributed by atoms with Crippen molar-refractivity contribution in [2.24, 2.45) is 10.2 Å². The minimum Gasteiger partial charge on any atom is -0.744 e. The largest absolute Gasteiger partial charge is 0.744 e. The van der Waals surface area contributed by atoms with Crippen molar-refractivity contribution in [2.45, 2.75) is 70.1 Å². The molecule has 0 amide bonds. The van der Waals surface area contributed by atoms with E-state index in [1.807, 2.05) is 12.1 Å². The number of nitrogens with zero attached hydrogens (tertiary/aromatic N) is 3. The van der Waals surface area contributed by atoms with Crippen molar-refractivity contribution in [1.29, 1.82) is 0 Å². The summed E-state index contributed by atoms with van der Waals surface area (Å²) in [5.74, 6) is 0. The van der Waals surface area contributed by atoms with Crippen LogP contribution in [0.15, 0.2) is 63.7 Å². The van der Waals surface area contributed by atoms with Gasteiger partial charge in [0.1, 0.15) is 10.1 Å². The van der Waals surface area contributed by atoms with Crippen molar-refractivity contribution >= 4 is 27.2 Å². The first-order chi connectivity index (χ1) is 14.9. The molecule has 0 saturated heterocycles. The third-order valence-corrected chi connectivity index (χ3v) is 6.03. The predicted octanol–water partition coefficient (Wildman–Crippen LogP) is 6.97. The Bertz CT molecular complexity index is 883. The van der Waals surface area contributed by atoms with Gasteiger partial charge in [-0.15, -0.1) is 0 Å². The van der Waals surface area contributed by atoms with Crippen molar-refractivity contribution in [2.75, 3.05) is 18.0 Å². The number of anilines is 1. The highest BCUT2D eigenvalue weighted by Crippen LogP contribution is 2.24. The molecule has 2 rings (SSSR count). The quantitative estimate of drug-likeness (QED) is 0.179. The molecule has 0 radical (unpaired) electrons. The normalized spacial score (nSPS) is 11.8. The second kappa shape index (κ2) is 13.2. The lowest BCUT2D eigenvalue weighted by molar-refractivity contribution is 0.463. The maximum Gasteiger partial charge on any atom is 0.124 e. The molecule has 0 bridgehead atoms. The Balaban J connectivity index is 2.00. The second-order valence-electron chi connectivity index (χ2n) is 7.77. The van der Waals surface area contributed by atoms with Gasteiger partial charge in [-0.25, -0.2) is 8.42 Å². The summed E-state index contributed by atoms with van der Waals surface area (Å²) >= 11 is 0. The maximum absolute atomic E-state index is 11.0. The van der Waals surface area contributed by atoms with E-state index < -0.39 is 10.1 Å². The van der Waals surface area contributed by atoms with E-state index in [0.29, 0.717) is 5.69 Å². The molecular formula is C24H34N3O3S-. The van der Waals surface area contributed by atoms with Crippen molar-refractivity contribution in [3.63, 3.8) is 0 Å². The zero-order chi connectivity index (χ0) is 22.5. The second-order valence-corrected chi connectivity index (χ2v) is 9.15. The van der Waals surface area contributed by atoms with Gasteiger partial charge in [-0.1, -0.05) is 52.4 Å². The lowest BCUT2D eigenvalue weighted by Crippen LogP contribution is -2.25. The van der Waals surface area contributed by atoms with Crippen molar-refractivity contribution in [3.8, 4) is 0 Å². The highest BCUT2D eigenvalue weighted by molar-refractivity contribution is 7.85. The molecule has 2 aromatic rings. The molecule has 0 spiro atoms. The van der Waals surface area contributed by atoms with Gasteiger partial charge in [-0.05, 0) is 61.4 Å². The van der Waals surface area contributed by atoms with Crippen LogP contribution in [-0.2, 0) is 10.1 Å². The maximum atomic E-state index is 11.0. The van der Waals surface area contributed by atoms with Gasteiger partial charge in [0.15, 0.2) is 0 Å². The Morgan fingerprint density at radius 1 is 0.710 bits per heavy atom. The first-order valence-electron chi connectivity index (χ1n) is 11.3. The molecule has 0 saturated carbocycles. The summed E-state index contributed by atoms with van der Waals surface area (Å²) in [6, 6.07) is 13.5. The Labute approximate surface area is 187 Å². The molecule has 6 nitrogen and oxygen atoms in total. The molecule has 0 unspecified atom stereocenters. The topological polar surface area (TPSA) is 85.2 Å². The monoisotopic (exact) mass is 444 g/mol. The molecule has 170 valence electrons. The van der Waals surface area contributed by atoms with E-state index in [0.717, 1.165) is 18.8 Å². The number of rotatable bonds is 14. The van der Waals surface area contributed by atoms with Gasteiger partial charge in [-0.3, -0.25) is 0 Å². The van der Waals surface area contributed by atoms with E-state index in [4.69, 9.17) is 0 Å². The molecule has 0 aliphatic carbocycles. The van der Waals surface area contributed by atoms with Gasteiger partial charge in [0.05, 0.1) is 16.3 Å². The van der Waals surface area contributed by atoms with Crippen LogP contribution in [0.2, 0.25) is 0 Å². The molecule has 0 aliphatic heterocycles. The van der Waals surface area contributed by atoms with E-state index in [2.05, 4.69) is 41.1 Å². The molecule has 0 aliphatic rings. The summed E-state index contributed by atoms with van der Waals surface area (Å²) < 4.78 is 33.0. The fourth-order valence-electron chi connectivity index (χ4n) is 3.35. The number of benzene rings is 2. The number of azo groups is 1. The zero-order valence-electron chi connectivity index (χ0n) is 18.7. The van der Waals surface area contributed by atoms with Crippen LogP contribution >= 0.6 is 0 Å². The van der Waals surface area contributed by atoms with E-state index >= 15 is 0 Å². The Morgan fingerprint density at radius 2 is 1.16 bits per heavy atom. The average molecular weight is 445 g/mol. The van der Waals surface area contributed by atoms with Crippen LogP contribution in [0.1, 0.15) is 65.2 Å². The van der Waals surface area contributed by atoms with Crippen LogP contribution in [0.3, 0.4) is 0 Å². The van der Waals surface area contributed by atoms with Gasteiger partial charge in [0, 0.05) is 18.8 Å². The molecule has 0 atom stereocenters. The van der Waals surface area contributed by atoms with E-state index in [9.17, 15) is 13.0 Å². The van der Waals surface area contributed by atoms with Crippen LogP contribution in [0.4, 0.5) is 17.1 Å². The molecule has 0 N–H and O–H groups in total. The summed E-state index contributed by atoms with van der Waals surface area (Å²) in [4.78, 5) is 2.20. The standard InChI is InChI=1S/C24H35N3O3S/c1-3-5-7-9-19-27(20-10-8-6-4-2)23-15-11-21(12-16-23)25-26-22-13-17-24(18-14-22)31(28,29)30/h11-18H,3-10,19-20H2,1-2H3,(H,28,29,30)/p-1. The van der Waals surface area contributed by atoms with Crippen LogP contribution in [0.25, 0.3) is 0 Å². The van der Waals surface area contributed by atoms with Crippen molar-refractivity contribution in [1.82, 2.24) is 0 Å². The molecule has 7 heteroatoms.